The maximum Gasteiger partial charge on any atom is 0.312 e. The van der Waals surface area contributed by atoms with Crippen LogP contribution in [0.3, 0.4) is 0 Å². The van der Waals surface area contributed by atoms with Gasteiger partial charge in [-0.3, -0.25) is 9.59 Å². The predicted molar refractivity (Wildman–Crippen MR) is 88.0 cm³/mol. The standard InChI is InChI=1S/C17H25BrO5/c1-16(15(21)23-3)11(6-7-18)8-17(9-14(20)22-2)12(10-19)4-5-13(16)17/h10-13H,4-9H2,1-3H3/t11-,12+,13-,16-,17-/m0/s1. The molecule has 0 aromatic carbocycles. The van der Waals surface area contributed by atoms with Gasteiger partial charge in [0.25, 0.3) is 0 Å². The number of hydrogen-bond donors (Lipinski definition) is 0. The maximum atomic E-state index is 12.6. The van der Waals surface area contributed by atoms with Gasteiger partial charge >= 0.3 is 11.9 Å². The number of rotatable bonds is 6. The largest absolute Gasteiger partial charge is 0.469 e. The van der Waals surface area contributed by atoms with Crippen LogP contribution in [0.25, 0.3) is 0 Å². The highest BCUT2D eigenvalue weighted by molar-refractivity contribution is 9.09. The first-order valence-electron chi connectivity index (χ1n) is 8.07. The first-order chi connectivity index (χ1) is 10.9. The van der Waals surface area contributed by atoms with Crippen LogP contribution in [0, 0.1) is 28.6 Å². The van der Waals surface area contributed by atoms with Gasteiger partial charge in [0.1, 0.15) is 6.29 Å². The van der Waals surface area contributed by atoms with Crippen LogP contribution < -0.4 is 0 Å². The van der Waals surface area contributed by atoms with Crippen molar-refractivity contribution in [1.82, 2.24) is 0 Å². The van der Waals surface area contributed by atoms with Crippen molar-refractivity contribution in [1.29, 1.82) is 0 Å². The molecule has 0 spiro atoms. The molecule has 23 heavy (non-hydrogen) atoms. The fraction of sp³-hybridized carbons (Fsp3) is 0.824. The summed E-state index contributed by atoms with van der Waals surface area (Å²) in [7, 11) is 2.77. The number of halogens is 1. The topological polar surface area (TPSA) is 69.7 Å². The number of carbonyl (C=O) groups excluding carboxylic acids is 3. The Labute approximate surface area is 145 Å². The van der Waals surface area contributed by atoms with Crippen LogP contribution in [-0.2, 0) is 23.9 Å². The van der Waals surface area contributed by atoms with E-state index in [1.165, 1.54) is 14.2 Å². The summed E-state index contributed by atoms with van der Waals surface area (Å²) in [5.41, 5.74) is -1.14. The molecule has 0 bridgehead atoms. The van der Waals surface area contributed by atoms with Gasteiger partial charge in [-0.05, 0) is 49.9 Å². The first-order valence-corrected chi connectivity index (χ1v) is 9.19. The van der Waals surface area contributed by atoms with Gasteiger partial charge in [-0.25, -0.2) is 0 Å². The van der Waals surface area contributed by atoms with Gasteiger partial charge in [0.15, 0.2) is 0 Å². The number of carbonyl (C=O) groups is 3. The molecule has 5 nitrogen and oxygen atoms in total. The third-order valence-corrected chi connectivity index (χ3v) is 6.80. The normalized spacial score (nSPS) is 38.9. The van der Waals surface area contributed by atoms with Crippen LogP contribution >= 0.6 is 15.9 Å². The third kappa shape index (κ3) is 2.73. The van der Waals surface area contributed by atoms with E-state index >= 15 is 0 Å². The summed E-state index contributed by atoms with van der Waals surface area (Å²) in [6, 6.07) is 0. The molecule has 0 amide bonds. The fourth-order valence-corrected chi connectivity index (χ4v) is 5.81. The predicted octanol–water partition coefficient (Wildman–Crippen LogP) is 2.75. The summed E-state index contributed by atoms with van der Waals surface area (Å²) in [6.45, 7) is 1.95. The average molecular weight is 389 g/mol. The van der Waals surface area contributed by atoms with Gasteiger partial charge in [0, 0.05) is 11.2 Å². The Morgan fingerprint density at radius 1 is 1.26 bits per heavy atom. The van der Waals surface area contributed by atoms with E-state index in [1.54, 1.807) is 0 Å². The number of hydrogen-bond acceptors (Lipinski definition) is 5. The Morgan fingerprint density at radius 2 is 1.96 bits per heavy atom. The molecule has 0 N–H and O–H groups in total. The molecule has 0 aromatic rings. The minimum atomic E-state index is -0.658. The highest BCUT2D eigenvalue weighted by atomic mass is 79.9. The lowest BCUT2D eigenvalue weighted by molar-refractivity contribution is -0.159. The maximum absolute atomic E-state index is 12.6. The second kappa shape index (κ2) is 6.91. The Hall–Kier alpha value is -0.910. The van der Waals surface area contributed by atoms with E-state index in [9.17, 15) is 14.4 Å². The molecule has 0 saturated heterocycles. The smallest absolute Gasteiger partial charge is 0.312 e. The van der Waals surface area contributed by atoms with E-state index < -0.39 is 10.8 Å². The van der Waals surface area contributed by atoms with Crippen molar-refractivity contribution in [3.8, 4) is 0 Å². The lowest BCUT2D eigenvalue weighted by Crippen LogP contribution is -2.41. The molecule has 2 saturated carbocycles. The van der Waals surface area contributed by atoms with Crippen LogP contribution in [-0.4, -0.2) is 37.8 Å². The molecule has 0 radical (unpaired) electrons. The summed E-state index contributed by atoms with van der Waals surface area (Å²) in [4.78, 5) is 36.3. The second-order valence-electron chi connectivity index (χ2n) is 7.01. The highest BCUT2D eigenvalue weighted by Gasteiger charge is 2.68. The molecular formula is C17H25BrO5. The summed E-state index contributed by atoms with van der Waals surface area (Å²) in [5.74, 6) is -0.675. The quantitative estimate of drug-likeness (QED) is 0.397. The van der Waals surface area contributed by atoms with Gasteiger partial charge in [0.2, 0.25) is 0 Å². The van der Waals surface area contributed by atoms with Gasteiger partial charge in [-0.1, -0.05) is 15.9 Å². The lowest BCUT2D eigenvalue weighted by atomic mass is 9.66. The zero-order chi connectivity index (χ0) is 17.3. The van der Waals surface area contributed by atoms with Gasteiger partial charge in [0.05, 0.1) is 26.1 Å². The monoisotopic (exact) mass is 388 g/mol. The van der Waals surface area contributed by atoms with E-state index in [-0.39, 0.29) is 36.1 Å². The Bertz CT molecular complexity index is 493. The van der Waals surface area contributed by atoms with Crippen molar-refractivity contribution in [3.05, 3.63) is 0 Å². The highest BCUT2D eigenvalue weighted by Crippen LogP contribution is 2.68. The van der Waals surface area contributed by atoms with Gasteiger partial charge < -0.3 is 14.3 Å². The minimum Gasteiger partial charge on any atom is -0.469 e. The molecule has 2 aliphatic rings. The van der Waals surface area contributed by atoms with E-state index in [2.05, 4.69) is 15.9 Å². The Kier molecular flexibility index (Phi) is 5.54. The number of esters is 2. The number of fused-ring (bicyclic) bond motifs is 1. The lowest BCUT2D eigenvalue weighted by Gasteiger charge is -2.37. The fourth-order valence-electron chi connectivity index (χ4n) is 5.26. The van der Waals surface area contributed by atoms with Crippen LogP contribution in [0.2, 0.25) is 0 Å². The van der Waals surface area contributed by atoms with Crippen molar-refractivity contribution in [3.63, 3.8) is 0 Å². The molecule has 2 rings (SSSR count). The Balaban J connectivity index is 2.48. The molecule has 5 atom stereocenters. The molecule has 0 aliphatic heterocycles. The van der Waals surface area contributed by atoms with Crippen LogP contribution in [0.5, 0.6) is 0 Å². The van der Waals surface area contributed by atoms with Crippen molar-refractivity contribution >= 4 is 34.2 Å². The third-order valence-electron chi connectivity index (χ3n) is 6.35. The summed E-state index contributed by atoms with van der Waals surface area (Å²) in [6.07, 6.45) is 4.16. The second-order valence-corrected chi connectivity index (χ2v) is 7.80. The average Bonchev–Trinajstić information content (AvgIpc) is 3.01. The number of methoxy groups -OCH3 is 2. The molecule has 2 fully saturated rings. The van der Waals surface area contributed by atoms with Crippen LogP contribution in [0.15, 0.2) is 0 Å². The first kappa shape index (κ1) is 18.4. The zero-order valence-electron chi connectivity index (χ0n) is 14.0. The molecule has 0 heterocycles. The van der Waals surface area contributed by atoms with Crippen molar-refractivity contribution in [2.24, 2.45) is 28.6 Å². The van der Waals surface area contributed by atoms with E-state index in [1.807, 2.05) is 6.92 Å². The SMILES string of the molecule is COC(=O)C[C@]12C[C@H](CCBr)[C@](C)(C(=O)OC)[C@@H]1CC[C@@H]2C=O. The van der Waals surface area contributed by atoms with Crippen molar-refractivity contribution in [2.75, 3.05) is 19.5 Å². The van der Waals surface area contributed by atoms with Gasteiger partial charge in [-0.2, -0.15) is 0 Å². The van der Waals surface area contributed by atoms with E-state index in [0.29, 0.717) is 6.42 Å². The molecular weight excluding hydrogens is 364 g/mol. The number of alkyl halides is 1. The van der Waals surface area contributed by atoms with Crippen molar-refractivity contribution < 1.29 is 23.9 Å². The summed E-state index contributed by atoms with van der Waals surface area (Å²) in [5, 5.41) is 0.775. The molecule has 130 valence electrons. The molecule has 0 aromatic heterocycles. The summed E-state index contributed by atoms with van der Waals surface area (Å²) < 4.78 is 9.99. The number of ether oxygens (including phenoxy) is 2. The summed E-state index contributed by atoms with van der Waals surface area (Å²) >= 11 is 3.46. The van der Waals surface area contributed by atoms with Crippen LogP contribution in [0.1, 0.15) is 39.0 Å². The van der Waals surface area contributed by atoms with Crippen molar-refractivity contribution in [2.45, 2.75) is 39.0 Å². The number of aldehydes is 1. The Morgan fingerprint density at radius 3 is 2.48 bits per heavy atom. The van der Waals surface area contributed by atoms with E-state index in [4.69, 9.17) is 9.47 Å². The minimum absolute atomic E-state index is 0.0270. The van der Waals surface area contributed by atoms with Crippen LogP contribution in [0.4, 0.5) is 0 Å². The van der Waals surface area contributed by atoms with Gasteiger partial charge in [-0.15, -0.1) is 0 Å². The molecule has 2 aliphatic carbocycles. The molecule has 6 heteroatoms. The van der Waals surface area contributed by atoms with E-state index in [0.717, 1.165) is 30.9 Å². The zero-order valence-corrected chi connectivity index (χ0v) is 15.6. The molecule has 0 unspecified atom stereocenters.